The average molecular weight is 290 g/mol. The molecule has 1 aliphatic heterocycles. The van der Waals surface area contributed by atoms with E-state index in [0.717, 1.165) is 19.4 Å². The summed E-state index contributed by atoms with van der Waals surface area (Å²) in [4.78, 5) is 33.3. The number of anilines is 1. The topological polar surface area (TPSA) is 95.4 Å². The van der Waals surface area contributed by atoms with Crippen molar-refractivity contribution in [3.63, 3.8) is 0 Å². The van der Waals surface area contributed by atoms with Gasteiger partial charge < -0.3 is 15.3 Å². The predicted molar refractivity (Wildman–Crippen MR) is 74.6 cm³/mol. The minimum Gasteiger partial charge on any atom is -0.481 e. The molecule has 3 atom stereocenters. The highest BCUT2D eigenvalue weighted by Crippen LogP contribution is 2.38. The van der Waals surface area contributed by atoms with E-state index in [-0.39, 0.29) is 17.9 Å². The maximum Gasteiger partial charge on any atom is 0.307 e. The molecule has 1 aliphatic carbocycles. The minimum absolute atomic E-state index is 0.0325. The standard InChI is InChI=1S/C14H18N4O3/c19-12(10-7-11(10)13(20)21)17-9-3-1-6-18(8-9)14-15-4-2-5-16-14/h2,4-5,9-11H,1,3,6-8H2,(H,17,19)(H,20,21). The van der Waals surface area contributed by atoms with Crippen LogP contribution < -0.4 is 10.2 Å². The third kappa shape index (κ3) is 3.12. The molecular weight excluding hydrogens is 272 g/mol. The van der Waals surface area contributed by atoms with Crippen molar-refractivity contribution < 1.29 is 14.7 Å². The van der Waals surface area contributed by atoms with Gasteiger partial charge in [-0.1, -0.05) is 0 Å². The van der Waals surface area contributed by atoms with E-state index in [1.54, 1.807) is 18.5 Å². The molecule has 1 saturated carbocycles. The highest BCUT2D eigenvalue weighted by molar-refractivity contribution is 5.89. The fourth-order valence-corrected chi connectivity index (χ4v) is 2.80. The first-order valence-corrected chi connectivity index (χ1v) is 7.20. The number of carbonyl (C=O) groups excluding carboxylic acids is 1. The summed E-state index contributed by atoms with van der Waals surface area (Å²) in [6, 6.07) is 1.80. The van der Waals surface area contributed by atoms with Crippen molar-refractivity contribution in [2.24, 2.45) is 11.8 Å². The van der Waals surface area contributed by atoms with Gasteiger partial charge >= 0.3 is 5.97 Å². The molecule has 0 radical (unpaired) electrons. The van der Waals surface area contributed by atoms with Gasteiger partial charge in [-0.15, -0.1) is 0 Å². The van der Waals surface area contributed by atoms with Gasteiger partial charge in [0.1, 0.15) is 0 Å². The van der Waals surface area contributed by atoms with Crippen LogP contribution in [0.25, 0.3) is 0 Å². The Bertz CT molecular complexity index is 536. The number of carbonyl (C=O) groups is 2. The van der Waals surface area contributed by atoms with Crippen molar-refractivity contribution in [2.45, 2.75) is 25.3 Å². The first kappa shape index (κ1) is 13.8. The van der Waals surface area contributed by atoms with Gasteiger partial charge in [-0.25, -0.2) is 9.97 Å². The largest absolute Gasteiger partial charge is 0.481 e. The quantitative estimate of drug-likeness (QED) is 0.827. The van der Waals surface area contributed by atoms with Gasteiger partial charge in [-0.3, -0.25) is 9.59 Å². The van der Waals surface area contributed by atoms with Crippen LogP contribution in [0.5, 0.6) is 0 Å². The number of carboxylic acid groups (broad SMARTS) is 1. The fraction of sp³-hybridized carbons (Fsp3) is 0.571. The van der Waals surface area contributed by atoms with Crippen LogP contribution in [0.15, 0.2) is 18.5 Å². The van der Waals surface area contributed by atoms with Crippen molar-refractivity contribution in [3.8, 4) is 0 Å². The first-order valence-electron chi connectivity index (χ1n) is 7.20. The van der Waals surface area contributed by atoms with Gasteiger partial charge in [0.25, 0.3) is 0 Å². The second-order valence-corrected chi connectivity index (χ2v) is 5.63. The second-order valence-electron chi connectivity index (χ2n) is 5.63. The van der Waals surface area contributed by atoms with E-state index in [0.29, 0.717) is 18.9 Å². The van der Waals surface area contributed by atoms with E-state index in [1.165, 1.54) is 0 Å². The Kier molecular flexibility index (Phi) is 3.72. The fourth-order valence-electron chi connectivity index (χ4n) is 2.80. The first-order chi connectivity index (χ1) is 10.1. The van der Waals surface area contributed by atoms with Crippen LogP contribution in [0.4, 0.5) is 5.95 Å². The number of hydrogen-bond acceptors (Lipinski definition) is 5. The van der Waals surface area contributed by atoms with Gasteiger partial charge in [0, 0.05) is 31.5 Å². The van der Waals surface area contributed by atoms with Crippen LogP contribution in [0.3, 0.4) is 0 Å². The molecule has 1 aromatic rings. The zero-order valence-electron chi connectivity index (χ0n) is 11.6. The molecule has 1 saturated heterocycles. The molecule has 0 aromatic carbocycles. The number of nitrogens with zero attached hydrogens (tertiary/aromatic N) is 3. The summed E-state index contributed by atoms with van der Waals surface area (Å²) in [5, 5.41) is 11.8. The van der Waals surface area contributed by atoms with Crippen LogP contribution in [-0.4, -0.2) is 46.1 Å². The summed E-state index contributed by atoms with van der Waals surface area (Å²) in [5.74, 6) is -1.19. The molecule has 3 unspecified atom stereocenters. The van der Waals surface area contributed by atoms with Gasteiger partial charge in [0.15, 0.2) is 0 Å². The number of carboxylic acids is 1. The smallest absolute Gasteiger partial charge is 0.307 e. The number of piperidine rings is 1. The van der Waals surface area contributed by atoms with E-state index in [9.17, 15) is 9.59 Å². The summed E-state index contributed by atoms with van der Waals surface area (Å²) < 4.78 is 0. The molecule has 2 N–H and O–H groups in total. The maximum absolute atomic E-state index is 12.0. The molecule has 2 aliphatic rings. The van der Waals surface area contributed by atoms with Gasteiger partial charge in [0.2, 0.25) is 11.9 Å². The van der Waals surface area contributed by atoms with Crippen LogP contribution in [-0.2, 0) is 9.59 Å². The third-order valence-electron chi connectivity index (χ3n) is 4.05. The van der Waals surface area contributed by atoms with Gasteiger partial charge in [-0.2, -0.15) is 0 Å². The summed E-state index contributed by atoms with van der Waals surface area (Å²) in [5.41, 5.74) is 0. The normalized spacial score (nSPS) is 28.0. The Morgan fingerprint density at radius 3 is 2.71 bits per heavy atom. The average Bonchev–Trinajstić information content (AvgIpc) is 3.29. The molecule has 21 heavy (non-hydrogen) atoms. The lowest BCUT2D eigenvalue weighted by atomic mass is 10.1. The Balaban J connectivity index is 1.55. The molecule has 7 nitrogen and oxygen atoms in total. The summed E-state index contributed by atoms with van der Waals surface area (Å²) in [6.07, 6.45) is 5.72. The molecular formula is C14H18N4O3. The van der Waals surface area contributed by atoms with Crippen LogP contribution in [0, 0.1) is 11.8 Å². The Morgan fingerprint density at radius 2 is 2.05 bits per heavy atom. The summed E-state index contributed by atoms with van der Waals surface area (Å²) >= 11 is 0. The molecule has 112 valence electrons. The van der Waals surface area contributed by atoms with E-state index >= 15 is 0 Å². The SMILES string of the molecule is O=C(O)C1CC1C(=O)NC1CCCN(c2ncccn2)C1. The Hall–Kier alpha value is -2.18. The molecule has 1 aromatic heterocycles. The summed E-state index contributed by atoms with van der Waals surface area (Å²) in [6.45, 7) is 1.54. The van der Waals surface area contributed by atoms with Crippen LogP contribution in [0.2, 0.25) is 0 Å². The van der Waals surface area contributed by atoms with Crippen molar-refractivity contribution >= 4 is 17.8 Å². The number of hydrogen-bond donors (Lipinski definition) is 2. The maximum atomic E-state index is 12.0. The van der Waals surface area contributed by atoms with Crippen molar-refractivity contribution in [3.05, 3.63) is 18.5 Å². The van der Waals surface area contributed by atoms with Crippen molar-refractivity contribution in [1.29, 1.82) is 0 Å². The number of amides is 1. The molecule has 3 rings (SSSR count). The Morgan fingerprint density at radius 1 is 1.29 bits per heavy atom. The van der Waals surface area contributed by atoms with Crippen molar-refractivity contribution in [1.82, 2.24) is 15.3 Å². The minimum atomic E-state index is -0.877. The van der Waals surface area contributed by atoms with E-state index in [1.807, 2.05) is 0 Å². The van der Waals surface area contributed by atoms with E-state index in [2.05, 4.69) is 20.2 Å². The van der Waals surface area contributed by atoms with E-state index in [4.69, 9.17) is 5.11 Å². The summed E-state index contributed by atoms with van der Waals surface area (Å²) in [7, 11) is 0. The number of nitrogens with one attached hydrogen (secondary N) is 1. The zero-order chi connectivity index (χ0) is 14.8. The van der Waals surface area contributed by atoms with Gasteiger partial charge in [0.05, 0.1) is 11.8 Å². The highest BCUT2D eigenvalue weighted by atomic mass is 16.4. The lowest BCUT2D eigenvalue weighted by molar-refractivity contribution is -0.140. The highest BCUT2D eigenvalue weighted by Gasteiger charge is 2.48. The predicted octanol–water partition coefficient (Wildman–Crippen LogP) is 0.282. The molecule has 0 spiro atoms. The molecule has 7 heteroatoms. The van der Waals surface area contributed by atoms with Crippen LogP contribution in [0.1, 0.15) is 19.3 Å². The molecule has 0 bridgehead atoms. The number of aliphatic carboxylic acids is 1. The van der Waals surface area contributed by atoms with Crippen LogP contribution >= 0.6 is 0 Å². The monoisotopic (exact) mass is 290 g/mol. The molecule has 1 amide bonds. The van der Waals surface area contributed by atoms with E-state index < -0.39 is 11.9 Å². The molecule has 2 fully saturated rings. The Labute approximate surface area is 122 Å². The molecule has 2 heterocycles. The number of rotatable bonds is 4. The lowest BCUT2D eigenvalue weighted by Crippen LogP contribution is -2.48. The number of aromatic nitrogens is 2. The van der Waals surface area contributed by atoms with Crippen molar-refractivity contribution in [2.75, 3.05) is 18.0 Å². The lowest BCUT2D eigenvalue weighted by Gasteiger charge is -2.33. The van der Waals surface area contributed by atoms with Gasteiger partial charge in [-0.05, 0) is 25.3 Å². The third-order valence-corrected chi connectivity index (χ3v) is 4.05. The second kappa shape index (κ2) is 5.67. The zero-order valence-corrected chi connectivity index (χ0v) is 11.6.